The lowest BCUT2D eigenvalue weighted by atomic mass is 10.1. The highest BCUT2D eigenvalue weighted by atomic mass is 32.1. The number of hydrogen-bond donors (Lipinski definition) is 2. The molecule has 0 saturated carbocycles. The van der Waals surface area contributed by atoms with Crippen LogP contribution >= 0.6 is 11.3 Å². The number of benzene rings is 2. The van der Waals surface area contributed by atoms with Crippen molar-refractivity contribution in [2.45, 2.75) is 20.0 Å². The predicted molar refractivity (Wildman–Crippen MR) is 122 cm³/mol. The highest BCUT2D eigenvalue weighted by Gasteiger charge is 2.12. The molecular formula is C22H19N7OS. The number of nitrogens with one attached hydrogen (secondary N) is 2. The summed E-state index contributed by atoms with van der Waals surface area (Å²) in [5.74, 6) is -0.198. The maximum absolute atomic E-state index is 12.5. The smallest absolute Gasteiger partial charge is 0.258 e. The van der Waals surface area contributed by atoms with Crippen molar-refractivity contribution in [1.82, 2.24) is 20.0 Å². The Balaban J connectivity index is 1.30. The lowest BCUT2D eigenvalue weighted by Crippen LogP contribution is -2.11. The van der Waals surface area contributed by atoms with Gasteiger partial charge in [0.1, 0.15) is 5.01 Å². The minimum absolute atomic E-state index is 0.198. The molecule has 4 aromatic rings. The van der Waals surface area contributed by atoms with Crippen LogP contribution in [0.4, 0.5) is 16.5 Å². The molecule has 2 aromatic carbocycles. The number of fused-ring (bicyclic) bond motifs is 1. The summed E-state index contributed by atoms with van der Waals surface area (Å²) in [7, 11) is 0. The highest BCUT2D eigenvalue weighted by molar-refractivity contribution is 7.18. The molecule has 31 heavy (non-hydrogen) atoms. The van der Waals surface area contributed by atoms with E-state index >= 15 is 0 Å². The summed E-state index contributed by atoms with van der Waals surface area (Å²) < 4.78 is 1.72. The van der Waals surface area contributed by atoms with Crippen molar-refractivity contribution < 1.29 is 4.79 Å². The standard InChI is InChI=1S/C22H19N7OS/c1-2-29-13-17(12-24-29)20(30)25-18-5-3-4-14(8-18)21-27-28-22(31-21)26-19-7-6-15-10-23-11-16(15)9-19/h3-9,11-13H,2,10H2,1H3,(H,25,30)(H,26,28). The summed E-state index contributed by atoms with van der Waals surface area (Å²) in [5.41, 5.74) is 5.40. The van der Waals surface area contributed by atoms with Crippen molar-refractivity contribution in [3.8, 4) is 10.6 Å². The molecule has 2 aromatic heterocycles. The van der Waals surface area contributed by atoms with E-state index in [4.69, 9.17) is 0 Å². The molecule has 8 nitrogen and oxygen atoms in total. The predicted octanol–water partition coefficient (Wildman–Crippen LogP) is 4.35. The van der Waals surface area contributed by atoms with E-state index < -0.39 is 0 Å². The lowest BCUT2D eigenvalue weighted by Gasteiger charge is -2.05. The van der Waals surface area contributed by atoms with Crippen LogP contribution in [0.3, 0.4) is 0 Å². The number of aryl methyl sites for hydroxylation is 1. The third kappa shape index (κ3) is 4.08. The van der Waals surface area contributed by atoms with Gasteiger partial charge in [0, 0.05) is 35.9 Å². The van der Waals surface area contributed by atoms with Gasteiger partial charge in [-0.25, -0.2) is 0 Å². The van der Waals surface area contributed by atoms with Crippen molar-refractivity contribution >= 4 is 40.0 Å². The van der Waals surface area contributed by atoms with Gasteiger partial charge in [-0.1, -0.05) is 29.5 Å². The number of aromatic nitrogens is 4. The fourth-order valence-electron chi connectivity index (χ4n) is 3.28. The zero-order chi connectivity index (χ0) is 21.2. The monoisotopic (exact) mass is 429 g/mol. The Morgan fingerprint density at radius 2 is 2.10 bits per heavy atom. The van der Waals surface area contributed by atoms with Gasteiger partial charge in [0.15, 0.2) is 0 Å². The second kappa shape index (κ2) is 8.11. The molecule has 1 aliphatic rings. The molecule has 1 aliphatic heterocycles. The van der Waals surface area contributed by atoms with Crippen LogP contribution < -0.4 is 10.6 Å². The maximum Gasteiger partial charge on any atom is 0.258 e. The van der Waals surface area contributed by atoms with Crippen molar-refractivity contribution in [2.75, 3.05) is 10.6 Å². The molecule has 0 radical (unpaired) electrons. The Morgan fingerprint density at radius 1 is 1.16 bits per heavy atom. The average molecular weight is 430 g/mol. The van der Waals surface area contributed by atoms with Gasteiger partial charge in [-0.2, -0.15) is 5.10 Å². The fraction of sp³-hybridized carbons (Fsp3) is 0.136. The zero-order valence-corrected chi connectivity index (χ0v) is 17.6. The SMILES string of the molecule is CCn1cc(C(=O)Nc2cccc(-c3nnc(Nc4ccc5c(c4)C=NC5)s3)c2)cn1. The Hall–Kier alpha value is -3.85. The van der Waals surface area contributed by atoms with Crippen LogP contribution in [0.1, 0.15) is 28.4 Å². The number of aliphatic imine (C=N–C) groups is 1. The number of carbonyl (C=O) groups excluding carboxylic acids is 1. The number of amides is 1. The Kier molecular flexibility index (Phi) is 5.01. The minimum atomic E-state index is -0.198. The minimum Gasteiger partial charge on any atom is -0.330 e. The molecule has 0 aliphatic carbocycles. The summed E-state index contributed by atoms with van der Waals surface area (Å²) in [6.07, 6.45) is 5.18. The molecule has 0 saturated heterocycles. The van der Waals surface area contributed by atoms with Crippen molar-refractivity contribution in [1.29, 1.82) is 0 Å². The van der Waals surface area contributed by atoms with E-state index in [1.165, 1.54) is 16.9 Å². The molecule has 0 fully saturated rings. The van der Waals surface area contributed by atoms with E-state index in [1.54, 1.807) is 17.1 Å². The van der Waals surface area contributed by atoms with Crippen LogP contribution in [0.5, 0.6) is 0 Å². The van der Waals surface area contributed by atoms with Gasteiger partial charge < -0.3 is 10.6 Å². The highest BCUT2D eigenvalue weighted by Crippen LogP contribution is 2.30. The number of anilines is 3. The van der Waals surface area contributed by atoms with Gasteiger partial charge >= 0.3 is 0 Å². The van der Waals surface area contributed by atoms with Gasteiger partial charge in [-0.3, -0.25) is 14.5 Å². The number of rotatable bonds is 6. The van der Waals surface area contributed by atoms with Gasteiger partial charge in [0.2, 0.25) is 5.13 Å². The zero-order valence-electron chi connectivity index (χ0n) is 16.7. The van der Waals surface area contributed by atoms with Crippen LogP contribution in [0.15, 0.2) is 59.9 Å². The molecule has 154 valence electrons. The second-order valence-corrected chi connectivity index (χ2v) is 8.02. The summed E-state index contributed by atoms with van der Waals surface area (Å²) >= 11 is 1.45. The van der Waals surface area contributed by atoms with E-state index in [0.29, 0.717) is 16.4 Å². The molecule has 5 rings (SSSR count). The van der Waals surface area contributed by atoms with Crippen LogP contribution in [-0.4, -0.2) is 32.1 Å². The summed E-state index contributed by atoms with van der Waals surface area (Å²) in [5, 5.41) is 20.4. The van der Waals surface area contributed by atoms with Crippen molar-refractivity contribution in [2.24, 2.45) is 4.99 Å². The summed E-state index contributed by atoms with van der Waals surface area (Å²) in [6.45, 7) is 3.43. The number of nitrogens with zero attached hydrogens (tertiary/aromatic N) is 5. The van der Waals surface area contributed by atoms with E-state index in [0.717, 1.165) is 34.9 Å². The fourth-order valence-corrected chi connectivity index (χ4v) is 4.04. The van der Waals surface area contributed by atoms with Crippen LogP contribution in [0.25, 0.3) is 10.6 Å². The van der Waals surface area contributed by atoms with Crippen LogP contribution in [-0.2, 0) is 13.1 Å². The maximum atomic E-state index is 12.5. The Labute approximate surface area is 182 Å². The van der Waals surface area contributed by atoms with E-state index in [2.05, 4.69) is 43.1 Å². The molecule has 0 spiro atoms. The van der Waals surface area contributed by atoms with Gasteiger partial charge in [0.25, 0.3) is 5.91 Å². The number of hydrogen-bond acceptors (Lipinski definition) is 7. The van der Waals surface area contributed by atoms with Crippen LogP contribution in [0.2, 0.25) is 0 Å². The van der Waals surface area contributed by atoms with E-state index in [9.17, 15) is 4.79 Å². The van der Waals surface area contributed by atoms with Crippen LogP contribution in [0, 0.1) is 0 Å². The van der Waals surface area contributed by atoms with Gasteiger partial charge in [0.05, 0.1) is 18.3 Å². The Bertz CT molecular complexity index is 1290. The molecular weight excluding hydrogens is 410 g/mol. The first kappa shape index (κ1) is 19.1. The first-order valence-electron chi connectivity index (χ1n) is 9.85. The lowest BCUT2D eigenvalue weighted by molar-refractivity contribution is 0.102. The molecule has 0 unspecified atom stereocenters. The number of carbonyl (C=O) groups is 1. The molecule has 3 heterocycles. The topological polar surface area (TPSA) is 97.1 Å². The van der Waals surface area contributed by atoms with Gasteiger partial charge in [-0.15, -0.1) is 10.2 Å². The first-order valence-corrected chi connectivity index (χ1v) is 10.7. The normalized spacial score (nSPS) is 12.0. The molecule has 2 N–H and O–H groups in total. The Morgan fingerprint density at radius 3 is 2.97 bits per heavy atom. The molecule has 0 atom stereocenters. The summed E-state index contributed by atoms with van der Waals surface area (Å²) in [4.78, 5) is 16.8. The van der Waals surface area contributed by atoms with E-state index in [-0.39, 0.29) is 5.91 Å². The molecule has 0 bridgehead atoms. The van der Waals surface area contributed by atoms with E-state index in [1.807, 2.05) is 43.5 Å². The third-order valence-corrected chi connectivity index (χ3v) is 5.79. The average Bonchev–Trinajstić information content (AvgIpc) is 3.54. The third-order valence-electron chi connectivity index (χ3n) is 4.90. The quantitative estimate of drug-likeness (QED) is 0.475. The van der Waals surface area contributed by atoms with Crippen molar-refractivity contribution in [3.63, 3.8) is 0 Å². The summed E-state index contributed by atoms with van der Waals surface area (Å²) in [6, 6.07) is 13.7. The second-order valence-electron chi connectivity index (χ2n) is 7.04. The molecule has 9 heteroatoms. The van der Waals surface area contributed by atoms with Crippen molar-refractivity contribution in [3.05, 3.63) is 71.5 Å². The largest absolute Gasteiger partial charge is 0.330 e. The van der Waals surface area contributed by atoms with Gasteiger partial charge in [-0.05, 0) is 42.3 Å². The first-order chi connectivity index (χ1) is 15.2. The molecule has 1 amide bonds.